The quantitative estimate of drug-likeness (QED) is 0.229. The predicted octanol–water partition coefficient (Wildman–Crippen LogP) is 4.69. The number of rotatable bonds is 6. The van der Waals surface area contributed by atoms with E-state index in [1.54, 1.807) is 19.1 Å². The number of amides is 2. The van der Waals surface area contributed by atoms with Gasteiger partial charge in [0.05, 0.1) is 11.3 Å². The fourth-order valence-electron chi connectivity index (χ4n) is 2.62. The van der Waals surface area contributed by atoms with E-state index in [1.165, 1.54) is 12.1 Å². The van der Waals surface area contributed by atoms with Crippen LogP contribution in [0.1, 0.15) is 30.5 Å². The molecule has 29 heavy (non-hydrogen) atoms. The first-order chi connectivity index (χ1) is 13.6. The third kappa shape index (κ3) is 5.40. The number of nitrogens with two attached hydrogens (primary N) is 2. The zero-order chi connectivity index (χ0) is 21.8. The van der Waals surface area contributed by atoms with Gasteiger partial charge in [-0.15, -0.1) is 11.8 Å². The monoisotopic (exact) mass is 430 g/mol. The number of carbonyl (C=O) groups excluding carboxylic acids is 1. The fraction of sp³-hybridized carbons (Fsp3) is 0.316. The molecular weight excluding hydrogens is 408 g/mol. The Kier molecular flexibility index (Phi) is 7.50. The molecule has 2 aromatic rings. The molecule has 0 fully saturated rings. The van der Waals surface area contributed by atoms with Crippen LogP contribution in [0.3, 0.4) is 0 Å². The Morgan fingerprint density at radius 2 is 1.83 bits per heavy atom. The maximum absolute atomic E-state index is 14.1. The van der Waals surface area contributed by atoms with Gasteiger partial charge in [-0.05, 0) is 48.7 Å². The number of hydrogen-bond acceptors (Lipinski definition) is 4. The average molecular weight is 430 g/mol. The van der Waals surface area contributed by atoms with Crippen LogP contribution < -0.4 is 16.7 Å². The lowest BCUT2D eigenvalue weighted by Crippen LogP contribution is -2.50. The van der Waals surface area contributed by atoms with Crippen molar-refractivity contribution in [3.8, 4) is 0 Å². The van der Waals surface area contributed by atoms with Crippen molar-refractivity contribution in [3.63, 3.8) is 0 Å². The maximum atomic E-state index is 14.1. The molecule has 0 aromatic heterocycles. The first kappa shape index (κ1) is 23.0. The summed E-state index contributed by atoms with van der Waals surface area (Å²) in [7, 11) is 0. The third-order valence-corrected chi connectivity index (χ3v) is 5.34. The normalized spacial score (nSPS) is 11.4. The smallest absolute Gasteiger partial charge is 0.261 e. The van der Waals surface area contributed by atoms with Crippen LogP contribution in [0.2, 0.25) is 0 Å². The number of alkyl halides is 3. The zero-order valence-electron chi connectivity index (χ0n) is 16.0. The van der Waals surface area contributed by atoms with E-state index in [9.17, 15) is 22.4 Å². The van der Waals surface area contributed by atoms with Crippen LogP contribution in [0.4, 0.5) is 28.0 Å². The van der Waals surface area contributed by atoms with Crippen molar-refractivity contribution in [1.29, 1.82) is 0 Å². The molecule has 0 aliphatic carbocycles. The van der Waals surface area contributed by atoms with Gasteiger partial charge in [-0.1, -0.05) is 19.1 Å². The largest absolute Gasteiger partial charge is 0.416 e. The molecule has 0 saturated heterocycles. The van der Waals surface area contributed by atoms with Crippen LogP contribution in [0.5, 0.6) is 0 Å². The highest BCUT2D eigenvalue weighted by Crippen LogP contribution is 2.39. The Hall–Kier alpha value is -2.30. The number of hydrogen-bond donors (Lipinski definition) is 2. The average Bonchev–Trinajstić information content (AvgIpc) is 2.70. The standard InChI is InChI=1S/C19H22F4N4OS/c1-3-12-8-9-15(20)17(10-12)29-11-13-14(19(21,22)23)6-5-7-16(13)27(25)18(28)26(24)4-2/h5-10H,3-4,11,24-25H2,1-2H3. The van der Waals surface area contributed by atoms with Gasteiger partial charge in [-0.3, -0.25) is 5.01 Å². The van der Waals surface area contributed by atoms with E-state index in [2.05, 4.69) is 0 Å². The van der Waals surface area contributed by atoms with Gasteiger partial charge in [0.2, 0.25) is 0 Å². The summed E-state index contributed by atoms with van der Waals surface area (Å²) in [5.74, 6) is 10.5. The molecule has 0 unspecified atom stereocenters. The molecule has 0 saturated carbocycles. The van der Waals surface area contributed by atoms with Gasteiger partial charge >= 0.3 is 12.2 Å². The number of benzene rings is 2. The first-order valence-corrected chi connectivity index (χ1v) is 9.80. The highest BCUT2D eigenvalue weighted by atomic mass is 32.2. The lowest BCUT2D eigenvalue weighted by Gasteiger charge is -2.26. The van der Waals surface area contributed by atoms with E-state index >= 15 is 0 Å². The highest BCUT2D eigenvalue weighted by molar-refractivity contribution is 7.98. The molecule has 0 spiro atoms. The van der Waals surface area contributed by atoms with E-state index in [0.29, 0.717) is 11.4 Å². The number of nitrogens with zero attached hydrogens (tertiary/aromatic N) is 2. The molecule has 0 heterocycles. The molecule has 2 aromatic carbocycles. The number of carbonyl (C=O) groups is 1. The molecule has 10 heteroatoms. The number of anilines is 1. The van der Waals surface area contributed by atoms with Crippen LogP contribution in [-0.2, 0) is 18.3 Å². The molecule has 0 atom stereocenters. The molecule has 2 amide bonds. The Bertz CT molecular complexity index is 876. The van der Waals surface area contributed by atoms with Crippen molar-refractivity contribution in [1.82, 2.24) is 5.01 Å². The summed E-state index contributed by atoms with van der Waals surface area (Å²) in [6.07, 6.45) is -4.01. The van der Waals surface area contributed by atoms with Crippen molar-refractivity contribution < 1.29 is 22.4 Å². The summed E-state index contributed by atoms with van der Waals surface area (Å²) in [4.78, 5) is 12.5. The van der Waals surface area contributed by atoms with Crippen molar-refractivity contribution in [2.24, 2.45) is 11.7 Å². The van der Waals surface area contributed by atoms with Crippen LogP contribution in [-0.4, -0.2) is 17.6 Å². The second-order valence-electron chi connectivity index (χ2n) is 6.15. The topological polar surface area (TPSA) is 75.6 Å². The van der Waals surface area contributed by atoms with Crippen molar-refractivity contribution >= 4 is 23.5 Å². The Balaban J connectivity index is 2.46. The maximum Gasteiger partial charge on any atom is 0.416 e. The molecule has 4 N–H and O–H groups in total. The number of hydrazine groups is 2. The SMILES string of the molecule is CCc1ccc(F)c(SCc2c(N(N)C(=O)N(N)CC)cccc2C(F)(F)F)c1. The summed E-state index contributed by atoms with van der Waals surface area (Å²) < 4.78 is 54.9. The van der Waals surface area contributed by atoms with Gasteiger partial charge in [0.15, 0.2) is 0 Å². The minimum absolute atomic E-state index is 0.116. The lowest BCUT2D eigenvalue weighted by molar-refractivity contribution is -0.138. The van der Waals surface area contributed by atoms with E-state index < -0.39 is 23.6 Å². The molecule has 158 valence electrons. The second kappa shape index (κ2) is 9.47. The Labute approximate surface area is 170 Å². The van der Waals surface area contributed by atoms with Gasteiger partial charge in [0.25, 0.3) is 0 Å². The Morgan fingerprint density at radius 3 is 2.41 bits per heavy atom. The molecule has 0 aliphatic heterocycles. The first-order valence-electron chi connectivity index (χ1n) is 8.81. The van der Waals surface area contributed by atoms with Crippen LogP contribution in [0.25, 0.3) is 0 Å². The van der Waals surface area contributed by atoms with Crippen LogP contribution >= 0.6 is 11.8 Å². The molecule has 5 nitrogen and oxygen atoms in total. The minimum Gasteiger partial charge on any atom is -0.261 e. The summed E-state index contributed by atoms with van der Waals surface area (Å²) in [6.45, 7) is 3.60. The molecule has 0 bridgehead atoms. The summed E-state index contributed by atoms with van der Waals surface area (Å²) in [6, 6.07) is 6.99. The number of aryl methyl sites for hydroxylation is 1. The number of halogens is 4. The van der Waals surface area contributed by atoms with E-state index in [4.69, 9.17) is 11.7 Å². The molecule has 2 rings (SSSR count). The van der Waals surface area contributed by atoms with E-state index in [1.807, 2.05) is 6.92 Å². The van der Waals surface area contributed by atoms with Gasteiger partial charge in [-0.2, -0.15) is 13.2 Å². The fourth-order valence-corrected chi connectivity index (χ4v) is 3.67. The van der Waals surface area contributed by atoms with Crippen LogP contribution in [0, 0.1) is 5.82 Å². The van der Waals surface area contributed by atoms with Crippen LogP contribution in [0.15, 0.2) is 41.3 Å². The van der Waals surface area contributed by atoms with Crippen molar-refractivity contribution in [2.45, 2.75) is 37.1 Å². The number of thioether (sulfide) groups is 1. The van der Waals surface area contributed by atoms with Gasteiger partial charge in [0.1, 0.15) is 5.82 Å². The number of urea groups is 1. The lowest BCUT2D eigenvalue weighted by atomic mass is 10.1. The third-order valence-electron chi connectivity index (χ3n) is 4.28. The molecule has 0 aliphatic rings. The van der Waals surface area contributed by atoms with Gasteiger partial charge in [0, 0.05) is 17.2 Å². The molecular formula is C19H22F4N4OS. The summed E-state index contributed by atoms with van der Waals surface area (Å²) in [5, 5.41) is 1.36. The van der Waals surface area contributed by atoms with Gasteiger partial charge < -0.3 is 0 Å². The summed E-state index contributed by atoms with van der Waals surface area (Å²) >= 11 is 0.904. The second-order valence-corrected chi connectivity index (χ2v) is 7.16. The van der Waals surface area contributed by atoms with Gasteiger partial charge in [-0.25, -0.2) is 25.9 Å². The van der Waals surface area contributed by atoms with Crippen molar-refractivity contribution in [3.05, 3.63) is 58.9 Å². The van der Waals surface area contributed by atoms with E-state index in [0.717, 1.165) is 34.5 Å². The Morgan fingerprint density at radius 1 is 1.14 bits per heavy atom. The molecule has 0 radical (unpaired) electrons. The van der Waals surface area contributed by atoms with E-state index in [-0.39, 0.29) is 28.4 Å². The summed E-state index contributed by atoms with van der Waals surface area (Å²) in [5.41, 5.74) is -0.464. The van der Waals surface area contributed by atoms with Crippen molar-refractivity contribution in [2.75, 3.05) is 11.6 Å². The highest BCUT2D eigenvalue weighted by Gasteiger charge is 2.35. The zero-order valence-corrected chi connectivity index (χ0v) is 16.8. The predicted molar refractivity (Wildman–Crippen MR) is 105 cm³/mol. The minimum atomic E-state index is -4.67.